The zero-order valence-electron chi connectivity index (χ0n) is 13.5. The molecule has 0 saturated carbocycles. The summed E-state index contributed by atoms with van der Waals surface area (Å²) in [6, 6.07) is 14.1. The molecule has 0 spiro atoms. The number of rotatable bonds is 7. The van der Waals surface area contributed by atoms with Gasteiger partial charge >= 0.3 is 0 Å². The highest BCUT2D eigenvalue weighted by molar-refractivity contribution is 6.30. The van der Waals surface area contributed by atoms with E-state index in [0.717, 1.165) is 41.6 Å². The molecule has 118 valence electrons. The highest BCUT2D eigenvalue weighted by Crippen LogP contribution is 2.23. The fraction of sp³-hybridized carbons (Fsp3) is 0.368. The monoisotopic (exact) mass is 317 g/mol. The molecular formula is C19H24ClNO. The van der Waals surface area contributed by atoms with Crippen LogP contribution in [0.5, 0.6) is 5.75 Å². The summed E-state index contributed by atoms with van der Waals surface area (Å²) < 4.78 is 5.92. The maximum atomic E-state index is 6.06. The lowest BCUT2D eigenvalue weighted by atomic mass is 10.1. The molecule has 2 aromatic rings. The third-order valence-electron chi connectivity index (χ3n) is 3.59. The summed E-state index contributed by atoms with van der Waals surface area (Å²) in [5.41, 5.74) is 3.40. The lowest BCUT2D eigenvalue weighted by molar-refractivity contribution is 0.287. The van der Waals surface area contributed by atoms with Gasteiger partial charge in [-0.1, -0.05) is 49.7 Å². The zero-order chi connectivity index (χ0) is 15.9. The maximum Gasteiger partial charge on any atom is 0.124 e. The molecule has 0 fully saturated rings. The first-order valence-corrected chi connectivity index (χ1v) is 8.15. The molecule has 0 bridgehead atoms. The van der Waals surface area contributed by atoms with Gasteiger partial charge in [0.05, 0.1) is 6.61 Å². The Balaban J connectivity index is 2.01. The number of hydrogen-bond acceptors (Lipinski definition) is 2. The van der Waals surface area contributed by atoms with Crippen molar-refractivity contribution in [3.63, 3.8) is 0 Å². The predicted octanol–water partition coefficient (Wildman–Crippen LogP) is 5.69. The van der Waals surface area contributed by atoms with Crippen LogP contribution in [0.15, 0.2) is 42.5 Å². The number of anilines is 1. The van der Waals surface area contributed by atoms with Crippen molar-refractivity contribution in [3.8, 4) is 5.75 Å². The van der Waals surface area contributed by atoms with E-state index < -0.39 is 0 Å². The van der Waals surface area contributed by atoms with Gasteiger partial charge in [-0.15, -0.1) is 0 Å². The van der Waals surface area contributed by atoms with E-state index in [1.807, 2.05) is 36.4 Å². The molecule has 0 aliphatic rings. The van der Waals surface area contributed by atoms with Crippen LogP contribution in [0.25, 0.3) is 0 Å². The molecule has 0 aromatic heterocycles. The fourth-order valence-corrected chi connectivity index (χ4v) is 2.34. The molecule has 0 heterocycles. The highest BCUT2D eigenvalue weighted by Gasteiger charge is 2.05. The van der Waals surface area contributed by atoms with Crippen LogP contribution in [-0.2, 0) is 6.54 Å². The van der Waals surface area contributed by atoms with Gasteiger partial charge in [0.15, 0.2) is 0 Å². The highest BCUT2D eigenvalue weighted by atomic mass is 35.5. The zero-order valence-corrected chi connectivity index (χ0v) is 14.3. The largest absolute Gasteiger partial charge is 0.493 e. The van der Waals surface area contributed by atoms with E-state index in [1.54, 1.807) is 0 Å². The molecule has 0 saturated heterocycles. The number of benzene rings is 2. The Morgan fingerprint density at radius 1 is 1.14 bits per heavy atom. The van der Waals surface area contributed by atoms with E-state index in [0.29, 0.717) is 5.92 Å². The molecule has 0 aliphatic heterocycles. The van der Waals surface area contributed by atoms with E-state index >= 15 is 0 Å². The molecule has 0 atom stereocenters. The van der Waals surface area contributed by atoms with Crippen molar-refractivity contribution in [2.24, 2.45) is 5.92 Å². The summed E-state index contributed by atoms with van der Waals surface area (Å²) in [6.07, 6.45) is 1.06. The van der Waals surface area contributed by atoms with E-state index in [2.05, 4.69) is 32.2 Å². The SMILES string of the molecule is Cc1ccc(Cl)cc1NCc1ccccc1OCCC(C)C. The summed E-state index contributed by atoms with van der Waals surface area (Å²) in [5.74, 6) is 1.61. The van der Waals surface area contributed by atoms with Gasteiger partial charge in [0.1, 0.15) is 5.75 Å². The fourth-order valence-electron chi connectivity index (χ4n) is 2.17. The minimum atomic E-state index is 0.652. The Morgan fingerprint density at radius 2 is 1.91 bits per heavy atom. The van der Waals surface area contributed by atoms with E-state index in [-0.39, 0.29) is 0 Å². The molecule has 0 amide bonds. The van der Waals surface area contributed by atoms with Crippen molar-refractivity contribution in [1.82, 2.24) is 0 Å². The Morgan fingerprint density at radius 3 is 2.68 bits per heavy atom. The standard InChI is InChI=1S/C19H24ClNO/c1-14(2)10-11-22-19-7-5-4-6-16(19)13-21-18-12-17(20)9-8-15(18)3/h4-9,12,14,21H,10-11,13H2,1-3H3. The first kappa shape index (κ1) is 16.7. The summed E-state index contributed by atoms with van der Waals surface area (Å²) in [6.45, 7) is 7.96. The van der Waals surface area contributed by atoms with Crippen molar-refractivity contribution in [1.29, 1.82) is 0 Å². The van der Waals surface area contributed by atoms with Gasteiger partial charge in [0, 0.05) is 22.8 Å². The normalized spacial score (nSPS) is 10.8. The van der Waals surface area contributed by atoms with Crippen LogP contribution in [0.4, 0.5) is 5.69 Å². The van der Waals surface area contributed by atoms with Crippen LogP contribution in [0.3, 0.4) is 0 Å². The Labute approximate surface area is 138 Å². The topological polar surface area (TPSA) is 21.3 Å². The predicted molar refractivity (Wildman–Crippen MR) is 94.9 cm³/mol. The number of ether oxygens (including phenoxy) is 1. The molecular weight excluding hydrogens is 294 g/mol. The molecule has 2 rings (SSSR count). The molecule has 0 unspecified atom stereocenters. The van der Waals surface area contributed by atoms with Crippen molar-refractivity contribution in [3.05, 3.63) is 58.6 Å². The van der Waals surface area contributed by atoms with Gasteiger partial charge in [-0.05, 0) is 43.0 Å². The van der Waals surface area contributed by atoms with Crippen molar-refractivity contribution in [2.45, 2.75) is 33.7 Å². The molecule has 22 heavy (non-hydrogen) atoms. The number of hydrogen-bond donors (Lipinski definition) is 1. The first-order chi connectivity index (χ1) is 10.6. The number of nitrogens with one attached hydrogen (secondary N) is 1. The van der Waals surface area contributed by atoms with Crippen molar-refractivity contribution >= 4 is 17.3 Å². The van der Waals surface area contributed by atoms with E-state index in [9.17, 15) is 0 Å². The summed E-state index contributed by atoms with van der Waals surface area (Å²) in [5, 5.41) is 4.19. The molecule has 2 nitrogen and oxygen atoms in total. The van der Waals surface area contributed by atoms with Gasteiger partial charge in [0.25, 0.3) is 0 Å². The average Bonchev–Trinajstić information content (AvgIpc) is 2.49. The Hall–Kier alpha value is -1.67. The molecule has 2 aromatic carbocycles. The Kier molecular flexibility index (Phi) is 6.14. The first-order valence-electron chi connectivity index (χ1n) is 7.77. The van der Waals surface area contributed by atoms with Crippen LogP contribution in [0.2, 0.25) is 5.02 Å². The molecule has 1 N–H and O–H groups in total. The smallest absolute Gasteiger partial charge is 0.124 e. The number of aryl methyl sites for hydroxylation is 1. The Bertz CT molecular complexity index is 610. The lowest BCUT2D eigenvalue weighted by Gasteiger charge is -2.14. The van der Waals surface area contributed by atoms with Gasteiger partial charge in [0.2, 0.25) is 0 Å². The second-order valence-electron chi connectivity index (χ2n) is 5.95. The van der Waals surface area contributed by atoms with Crippen molar-refractivity contribution in [2.75, 3.05) is 11.9 Å². The van der Waals surface area contributed by atoms with Gasteiger partial charge in [-0.25, -0.2) is 0 Å². The average molecular weight is 318 g/mol. The number of halogens is 1. The second kappa shape index (κ2) is 8.09. The van der Waals surface area contributed by atoms with Crippen LogP contribution < -0.4 is 10.1 Å². The third-order valence-corrected chi connectivity index (χ3v) is 3.83. The lowest BCUT2D eigenvalue weighted by Crippen LogP contribution is -2.06. The van der Waals surface area contributed by atoms with Crippen molar-refractivity contribution < 1.29 is 4.74 Å². The van der Waals surface area contributed by atoms with E-state index in [4.69, 9.17) is 16.3 Å². The minimum Gasteiger partial charge on any atom is -0.493 e. The molecule has 0 aliphatic carbocycles. The molecule has 0 radical (unpaired) electrons. The third kappa shape index (κ3) is 4.96. The van der Waals surface area contributed by atoms with Gasteiger partial charge in [-0.3, -0.25) is 0 Å². The maximum absolute atomic E-state index is 6.06. The second-order valence-corrected chi connectivity index (χ2v) is 6.39. The van der Waals surface area contributed by atoms with Gasteiger partial charge < -0.3 is 10.1 Å². The summed E-state index contributed by atoms with van der Waals surface area (Å²) in [4.78, 5) is 0. The van der Waals surface area contributed by atoms with Crippen LogP contribution in [0.1, 0.15) is 31.4 Å². The summed E-state index contributed by atoms with van der Waals surface area (Å²) in [7, 11) is 0. The van der Waals surface area contributed by atoms with Crippen LogP contribution >= 0.6 is 11.6 Å². The number of para-hydroxylation sites is 1. The van der Waals surface area contributed by atoms with Gasteiger partial charge in [-0.2, -0.15) is 0 Å². The minimum absolute atomic E-state index is 0.652. The van der Waals surface area contributed by atoms with Crippen LogP contribution in [0, 0.1) is 12.8 Å². The van der Waals surface area contributed by atoms with E-state index in [1.165, 1.54) is 5.56 Å². The van der Waals surface area contributed by atoms with Crippen LogP contribution in [-0.4, -0.2) is 6.61 Å². The quantitative estimate of drug-likeness (QED) is 0.708. The molecule has 3 heteroatoms. The summed E-state index contributed by atoms with van der Waals surface area (Å²) >= 11 is 6.06.